The molecule has 0 radical (unpaired) electrons. The average Bonchev–Trinajstić information content (AvgIpc) is 3.43. The fourth-order valence-corrected chi connectivity index (χ4v) is 7.75. The summed E-state index contributed by atoms with van der Waals surface area (Å²) in [5.41, 5.74) is 0.00259. The zero-order chi connectivity index (χ0) is 29.7. The normalized spacial score (nSPS) is 29.2. The lowest BCUT2D eigenvalue weighted by atomic mass is 9.73. The minimum Gasteiger partial charge on any atom is -0.481 e. The van der Waals surface area contributed by atoms with E-state index in [1.54, 1.807) is 0 Å². The summed E-state index contributed by atoms with van der Waals surface area (Å²) < 4.78 is 29.9. The maximum atomic E-state index is 15.0. The van der Waals surface area contributed by atoms with E-state index in [-0.39, 0.29) is 38.7 Å². The van der Waals surface area contributed by atoms with Crippen molar-refractivity contribution < 1.29 is 28.3 Å². The van der Waals surface area contributed by atoms with E-state index in [0.29, 0.717) is 0 Å². The molecule has 4 unspecified atom stereocenters. The summed E-state index contributed by atoms with van der Waals surface area (Å²) in [6.45, 7) is 5.73. The first-order valence-corrected chi connectivity index (χ1v) is 14.4. The minimum absolute atomic E-state index is 0.0606. The van der Waals surface area contributed by atoms with Crippen molar-refractivity contribution in [1.82, 2.24) is 10.2 Å². The molecule has 1 saturated carbocycles. The van der Waals surface area contributed by atoms with E-state index in [1.807, 2.05) is 12.1 Å². The summed E-state index contributed by atoms with van der Waals surface area (Å²) in [5, 5.41) is 16.2. The molecule has 4 atom stereocenters. The molecule has 1 aliphatic carbocycles. The van der Waals surface area contributed by atoms with Gasteiger partial charge in [-0.3, -0.25) is 19.3 Å². The van der Waals surface area contributed by atoms with Gasteiger partial charge in [0, 0.05) is 35.0 Å². The van der Waals surface area contributed by atoms with Crippen molar-refractivity contribution in [2.45, 2.75) is 68.4 Å². The summed E-state index contributed by atoms with van der Waals surface area (Å²) in [6, 6.07) is 9.79. The largest absolute Gasteiger partial charge is 0.481 e. The van der Waals surface area contributed by atoms with Crippen LogP contribution < -0.4 is 10.6 Å². The lowest BCUT2D eigenvalue weighted by molar-refractivity contribution is -0.153. The van der Waals surface area contributed by atoms with Gasteiger partial charge >= 0.3 is 5.97 Å². The van der Waals surface area contributed by atoms with Crippen molar-refractivity contribution in [1.29, 1.82) is 0 Å². The smallest absolute Gasteiger partial charge is 0.310 e. The van der Waals surface area contributed by atoms with Gasteiger partial charge in [0.1, 0.15) is 11.5 Å². The number of carbonyl (C=O) groups excluding carboxylic acids is 2. The molecule has 1 spiro atoms. The number of nitrogens with zero attached hydrogens (tertiary/aromatic N) is 1. The molecule has 0 bridgehead atoms. The van der Waals surface area contributed by atoms with Crippen LogP contribution in [0, 0.1) is 11.8 Å². The Balaban J connectivity index is 1.37. The van der Waals surface area contributed by atoms with Gasteiger partial charge in [-0.15, -0.1) is 0 Å². The fourth-order valence-electron chi connectivity index (χ4n) is 7.21. The van der Waals surface area contributed by atoms with Gasteiger partial charge in [-0.05, 0) is 41.5 Å². The molecule has 3 heterocycles. The van der Waals surface area contributed by atoms with Crippen molar-refractivity contribution in [2.75, 3.05) is 18.4 Å². The van der Waals surface area contributed by atoms with Crippen LogP contribution in [0.1, 0.15) is 56.7 Å². The van der Waals surface area contributed by atoms with Crippen LogP contribution in [-0.2, 0) is 30.8 Å². The van der Waals surface area contributed by atoms with Gasteiger partial charge in [-0.1, -0.05) is 68.2 Å². The van der Waals surface area contributed by atoms with Gasteiger partial charge in [-0.25, -0.2) is 8.78 Å². The number of carboxylic acid groups (broad SMARTS) is 1. The number of anilines is 1. The summed E-state index contributed by atoms with van der Waals surface area (Å²) in [5.74, 6) is -9.17. The van der Waals surface area contributed by atoms with E-state index in [1.165, 1.54) is 17.0 Å². The highest BCUT2D eigenvalue weighted by Gasteiger charge is 2.74. The van der Waals surface area contributed by atoms with Gasteiger partial charge in [0.05, 0.1) is 23.2 Å². The molecule has 7 nitrogen and oxygen atoms in total. The first-order valence-electron chi connectivity index (χ1n) is 13.7. The van der Waals surface area contributed by atoms with Gasteiger partial charge in [0.15, 0.2) is 0 Å². The number of hydrogen-bond acceptors (Lipinski definition) is 4. The van der Waals surface area contributed by atoms with Crippen molar-refractivity contribution in [2.24, 2.45) is 11.8 Å². The van der Waals surface area contributed by atoms with Crippen LogP contribution in [0.3, 0.4) is 0 Å². The van der Waals surface area contributed by atoms with E-state index in [9.17, 15) is 28.3 Å². The van der Waals surface area contributed by atoms with Crippen LogP contribution in [0.25, 0.3) is 0 Å². The Kier molecular flexibility index (Phi) is 6.31. The van der Waals surface area contributed by atoms with Gasteiger partial charge < -0.3 is 15.7 Å². The molecule has 0 aromatic heterocycles. The second-order valence-corrected chi connectivity index (χ2v) is 13.8. The Morgan fingerprint density at radius 3 is 2.51 bits per heavy atom. The van der Waals surface area contributed by atoms with Gasteiger partial charge in [0.25, 0.3) is 11.8 Å². The molecule has 2 saturated heterocycles. The molecule has 41 heavy (non-hydrogen) atoms. The first kappa shape index (κ1) is 28.4. The number of amides is 2. The molecule has 3 aliphatic heterocycles. The fraction of sp³-hybridized carbons (Fsp3) is 0.500. The number of fused-ring (bicyclic) bond motifs is 4. The number of hydrogen-bond donors (Lipinski definition) is 3. The third kappa shape index (κ3) is 4.26. The second-order valence-electron chi connectivity index (χ2n) is 13.0. The van der Waals surface area contributed by atoms with Gasteiger partial charge in [0.2, 0.25) is 5.91 Å². The van der Waals surface area contributed by atoms with Crippen molar-refractivity contribution in [3.05, 3.63) is 63.1 Å². The standard InChI is InChI=1S/C30H31Cl2F2N3O4/c1-27(2,3)15-5-4-6-16(9-15)28(7-8-28)13-35-24(38)21-20-12-29(33,34)14-37(20)30(22(21)25(39)40)18-10-17(31)11-19(32)23(18)36-26(30)41/h4-6,9-11,20-22H,7-8,12-14H2,1-3H3,(H,35,38)(H,36,41)(H,39,40). The monoisotopic (exact) mass is 605 g/mol. The average molecular weight is 606 g/mol. The molecule has 11 heteroatoms. The molecule has 3 fully saturated rings. The number of rotatable bonds is 5. The number of nitrogens with one attached hydrogen (secondary N) is 2. The van der Waals surface area contributed by atoms with E-state index < -0.39 is 60.1 Å². The summed E-state index contributed by atoms with van der Waals surface area (Å²) in [7, 11) is 0. The topological polar surface area (TPSA) is 98.7 Å². The summed E-state index contributed by atoms with van der Waals surface area (Å²) >= 11 is 12.6. The van der Waals surface area contributed by atoms with Crippen LogP contribution in [0.4, 0.5) is 14.5 Å². The Morgan fingerprint density at radius 1 is 1.17 bits per heavy atom. The van der Waals surface area contributed by atoms with E-state index in [0.717, 1.165) is 24.0 Å². The predicted molar refractivity (Wildman–Crippen MR) is 151 cm³/mol. The number of carbonyl (C=O) groups is 3. The van der Waals surface area contributed by atoms with Crippen LogP contribution in [0.15, 0.2) is 36.4 Å². The summed E-state index contributed by atoms with van der Waals surface area (Å²) in [6.07, 6.45) is 0.919. The number of halogens is 4. The molecule has 4 aliphatic rings. The molecule has 3 N–H and O–H groups in total. The van der Waals surface area contributed by atoms with E-state index in [4.69, 9.17) is 23.2 Å². The minimum atomic E-state index is -3.23. The molecule has 2 aromatic rings. The zero-order valence-electron chi connectivity index (χ0n) is 22.9. The van der Waals surface area contributed by atoms with Crippen LogP contribution in [0.2, 0.25) is 10.0 Å². The van der Waals surface area contributed by atoms with Crippen molar-refractivity contribution >= 4 is 46.7 Å². The lowest BCUT2D eigenvalue weighted by Crippen LogP contribution is -2.54. The SMILES string of the molecule is CC(C)(C)c1cccc(C2(CNC(=O)C3C4CC(F)(F)CN4C4(C(=O)Nc5c(Cl)cc(Cl)cc54)C3C(=O)O)CC2)c1. The highest BCUT2D eigenvalue weighted by molar-refractivity contribution is 6.38. The maximum Gasteiger partial charge on any atom is 0.310 e. The van der Waals surface area contributed by atoms with Crippen molar-refractivity contribution in [3.63, 3.8) is 0 Å². The quantitative estimate of drug-likeness (QED) is 0.428. The molecule has 6 rings (SSSR count). The van der Waals surface area contributed by atoms with E-state index in [2.05, 4.69) is 43.5 Å². The number of alkyl halides is 2. The Hall–Kier alpha value is -2.75. The predicted octanol–water partition coefficient (Wildman–Crippen LogP) is 5.33. The van der Waals surface area contributed by atoms with Crippen LogP contribution >= 0.6 is 23.2 Å². The van der Waals surface area contributed by atoms with Crippen molar-refractivity contribution in [3.8, 4) is 0 Å². The second kappa shape index (κ2) is 9.12. The first-order chi connectivity index (χ1) is 19.1. The number of benzene rings is 2. The van der Waals surface area contributed by atoms with Gasteiger partial charge in [-0.2, -0.15) is 0 Å². The Morgan fingerprint density at radius 2 is 1.88 bits per heavy atom. The Labute approximate surface area is 246 Å². The molecule has 2 amide bonds. The zero-order valence-corrected chi connectivity index (χ0v) is 24.4. The third-order valence-electron chi connectivity index (χ3n) is 9.40. The molecule has 218 valence electrons. The molecular formula is C30H31Cl2F2N3O4. The third-order valence-corrected chi connectivity index (χ3v) is 9.92. The summed E-state index contributed by atoms with van der Waals surface area (Å²) in [4.78, 5) is 41.7. The van der Waals surface area contributed by atoms with Crippen LogP contribution in [0.5, 0.6) is 0 Å². The Bertz CT molecular complexity index is 1490. The lowest BCUT2D eigenvalue weighted by Gasteiger charge is -2.35. The maximum absolute atomic E-state index is 15.0. The number of carboxylic acids is 1. The van der Waals surface area contributed by atoms with E-state index >= 15 is 0 Å². The van der Waals surface area contributed by atoms with Crippen LogP contribution in [-0.4, -0.2) is 52.8 Å². The highest BCUT2D eigenvalue weighted by Crippen LogP contribution is 2.61. The number of aliphatic carboxylic acids is 1. The highest BCUT2D eigenvalue weighted by atomic mass is 35.5. The molecular weight excluding hydrogens is 575 g/mol. The molecule has 2 aromatic carbocycles.